The van der Waals surface area contributed by atoms with Crippen molar-refractivity contribution in [2.75, 3.05) is 13.1 Å². The number of hydrogen-bond acceptors (Lipinski definition) is 5. The molecule has 0 saturated carbocycles. The fraction of sp³-hybridized carbons (Fsp3) is 0.267. The number of amides is 1. The van der Waals surface area contributed by atoms with Crippen LogP contribution < -0.4 is 5.32 Å². The van der Waals surface area contributed by atoms with Gasteiger partial charge in [-0.3, -0.25) is 4.79 Å². The van der Waals surface area contributed by atoms with Crippen LogP contribution in [0.2, 0.25) is 10.0 Å². The van der Waals surface area contributed by atoms with Crippen molar-refractivity contribution in [1.29, 1.82) is 5.26 Å². The molecular weight excluding hydrogens is 355 g/mol. The summed E-state index contributed by atoms with van der Waals surface area (Å²) in [5.41, 5.74) is 1.10. The zero-order valence-corrected chi connectivity index (χ0v) is 14.3. The van der Waals surface area contributed by atoms with Gasteiger partial charge in [0.1, 0.15) is 10.7 Å². The summed E-state index contributed by atoms with van der Waals surface area (Å²) in [6.07, 6.45) is 2.68. The van der Waals surface area contributed by atoms with Crippen LogP contribution >= 0.6 is 34.5 Å². The number of rotatable bonds is 3. The van der Waals surface area contributed by atoms with Gasteiger partial charge in [-0.15, -0.1) is 11.3 Å². The third-order valence-corrected chi connectivity index (χ3v) is 5.34. The highest BCUT2D eigenvalue weighted by molar-refractivity contribution is 7.13. The lowest BCUT2D eigenvalue weighted by Crippen LogP contribution is -2.33. The molecule has 1 aliphatic heterocycles. The van der Waals surface area contributed by atoms with Crippen LogP contribution in [0.3, 0.4) is 0 Å². The van der Waals surface area contributed by atoms with E-state index >= 15 is 0 Å². The van der Waals surface area contributed by atoms with Crippen molar-refractivity contribution in [2.24, 2.45) is 0 Å². The molecule has 0 spiro atoms. The lowest BCUT2D eigenvalue weighted by atomic mass is 10.2. The van der Waals surface area contributed by atoms with Gasteiger partial charge in [0.25, 0.3) is 5.91 Å². The van der Waals surface area contributed by atoms with Crippen LogP contribution in [-0.2, 0) is 0 Å². The van der Waals surface area contributed by atoms with E-state index in [2.05, 4.69) is 10.3 Å². The first kappa shape index (κ1) is 16.1. The highest BCUT2D eigenvalue weighted by Gasteiger charge is 2.28. The van der Waals surface area contributed by atoms with Gasteiger partial charge >= 0.3 is 0 Å². The molecule has 0 bridgehead atoms. The summed E-state index contributed by atoms with van der Waals surface area (Å²) in [5.74, 6) is -0.132. The maximum atomic E-state index is 12.5. The van der Waals surface area contributed by atoms with Crippen LogP contribution in [0.15, 0.2) is 23.6 Å². The van der Waals surface area contributed by atoms with Crippen molar-refractivity contribution < 1.29 is 4.79 Å². The topological polar surface area (TPSA) is 69.0 Å². The van der Waals surface area contributed by atoms with Crippen LogP contribution in [0.4, 0.5) is 0 Å². The Morgan fingerprint density at radius 1 is 1.48 bits per heavy atom. The minimum absolute atomic E-state index is 0.0180. The highest BCUT2D eigenvalue weighted by Crippen LogP contribution is 2.35. The van der Waals surface area contributed by atoms with Crippen molar-refractivity contribution >= 4 is 40.4 Å². The average molecular weight is 367 g/mol. The molecule has 8 heteroatoms. The quantitative estimate of drug-likeness (QED) is 0.667. The summed E-state index contributed by atoms with van der Waals surface area (Å²) in [5, 5.41) is 14.6. The van der Waals surface area contributed by atoms with E-state index in [0.717, 1.165) is 6.42 Å². The Labute approximate surface area is 147 Å². The maximum absolute atomic E-state index is 12.5. The van der Waals surface area contributed by atoms with Crippen LogP contribution in [0, 0.1) is 11.5 Å². The summed E-state index contributed by atoms with van der Waals surface area (Å²) in [6.45, 7) is 1.13. The smallest absolute Gasteiger partial charge is 0.273 e. The van der Waals surface area contributed by atoms with E-state index in [-0.39, 0.29) is 11.9 Å². The second-order valence-electron chi connectivity index (χ2n) is 5.13. The van der Waals surface area contributed by atoms with Crippen molar-refractivity contribution in [1.82, 2.24) is 15.2 Å². The second kappa shape index (κ2) is 6.75. The van der Waals surface area contributed by atoms with Crippen LogP contribution in [-0.4, -0.2) is 34.9 Å². The Balaban J connectivity index is 1.78. The molecule has 2 heterocycles. The molecule has 1 aromatic heterocycles. The lowest BCUT2D eigenvalue weighted by Gasteiger charge is -2.14. The first-order chi connectivity index (χ1) is 11.1. The maximum Gasteiger partial charge on any atom is 0.273 e. The number of carbonyl (C=O) groups excluding carboxylic acids is 1. The van der Waals surface area contributed by atoms with Gasteiger partial charge < -0.3 is 10.2 Å². The molecule has 0 unspecified atom stereocenters. The first-order valence-corrected chi connectivity index (χ1v) is 8.57. The Morgan fingerprint density at radius 2 is 2.30 bits per heavy atom. The number of hydrogen-bond donors (Lipinski definition) is 1. The number of thiazole rings is 1. The highest BCUT2D eigenvalue weighted by atomic mass is 35.5. The second-order valence-corrected chi connectivity index (χ2v) is 6.78. The van der Waals surface area contributed by atoms with Crippen LogP contribution in [0.25, 0.3) is 10.6 Å². The third-order valence-electron chi connectivity index (χ3n) is 3.65. The predicted molar refractivity (Wildman–Crippen MR) is 90.6 cm³/mol. The molecule has 1 aliphatic rings. The Bertz CT molecular complexity index is 786. The molecular formula is C15H12Cl2N4OS. The molecule has 0 aliphatic carbocycles. The Hall–Kier alpha value is -1.81. The molecule has 1 fully saturated rings. The van der Waals surface area contributed by atoms with Gasteiger partial charge in [0.05, 0.1) is 16.1 Å². The number of benzene rings is 1. The SMILES string of the molecule is N#CN[C@H]1CCN(C(=O)c2csc(-c3cccc(Cl)c3Cl)n2)C1. The number of nitrogens with one attached hydrogen (secondary N) is 1. The third kappa shape index (κ3) is 3.27. The average Bonchev–Trinajstić information content (AvgIpc) is 3.19. The molecule has 23 heavy (non-hydrogen) atoms. The zero-order chi connectivity index (χ0) is 16.4. The molecule has 3 rings (SSSR count). The minimum Gasteiger partial charge on any atom is -0.335 e. The van der Waals surface area contributed by atoms with E-state index in [1.54, 1.807) is 22.4 Å². The summed E-state index contributed by atoms with van der Waals surface area (Å²) in [4.78, 5) is 18.6. The predicted octanol–water partition coefficient (Wildman–Crippen LogP) is 3.40. The largest absolute Gasteiger partial charge is 0.335 e. The number of nitriles is 1. The van der Waals surface area contributed by atoms with E-state index in [4.69, 9.17) is 28.5 Å². The van der Waals surface area contributed by atoms with Gasteiger partial charge in [0, 0.05) is 24.0 Å². The van der Waals surface area contributed by atoms with Gasteiger partial charge in [-0.1, -0.05) is 35.3 Å². The molecule has 1 N–H and O–H groups in total. The van der Waals surface area contributed by atoms with Crippen molar-refractivity contribution in [3.05, 3.63) is 39.3 Å². The Kier molecular flexibility index (Phi) is 4.71. The summed E-state index contributed by atoms with van der Waals surface area (Å²) >= 11 is 13.6. The van der Waals surface area contributed by atoms with E-state index in [1.165, 1.54) is 11.3 Å². The number of carbonyl (C=O) groups is 1. The van der Waals surface area contributed by atoms with Crippen molar-refractivity contribution in [3.8, 4) is 16.8 Å². The standard InChI is InChI=1S/C15H12Cl2N4OS/c16-11-3-1-2-10(13(11)17)14-20-12(7-23-14)15(22)21-5-4-9(6-21)19-8-18/h1-3,7,9,19H,4-6H2/t9-/m0/s1. The summed E-state index contributed by atoms with van der Waals surface area (Å²) in [7, 11) is 0. The van der Waals surface area contributed by atoms with E-state index in [0.29, 0.717) is 39.4 Å². The lowest BCUT2D eigenvalue weighted by molar-refractivity contribution is 0.0785. The van der Waals surface area contributed by atoms with Crippen molar-refractivity contribution in [3.63, 3.8) is 0 Å². The molecule has 0 radical (unpaired) electrons. The molecule has 1 amide bonds. The Morgan fingerprint density at radius 3 is 3.09 bits per heavy atom. The fourth-order valence-electron chi connectivity index (χ4n) is 2.48. The normalized spacial score (nSPS) is 17.1. The van der Waals surface area contributed by atoms with Crippen molar-refractivity contribution in [2.45, 2.75) is 12.5 Å². The van der Waals surface area contributed by atoms with Gasteiger partial charge in [-0.05, 0) is 12.5 Å². The summed E-state index contributed by atoms with van der Waals surface area (Å²) in [6, 6.07) is 5.35. The van der Waals surface area contributed by atoms with Gasteiger partial charge in [-0.2, -0.15) is 5.26 Å². The summed E-state index contributed by atoms with van der Waals surface area (Å²) < 4.78 is 0. The first-order valence-electron chi connectivity index (χ1n) is 6.94. The van der Waals surface area contributed by atoms with Gasteiger partial charge in [-0.25, -0.2) is 4.98 Å². The number of aromatic nitrogens is 1. The molecule has 5 nitrogen and oxygen atoms in total. The van der Waals surface area contributed by atoms with E-state index in [1.807, 2.05) is 12.3 Å². The number of likely N-dealkylation sites (tertiary alicyclic amines) is 1. The van der Waals surface area contributed by atoms with Crippen LogP contribution in [0.1, 0.15) is 16.9 Å². The van der Waals surface area contributed by atoms with Gasteiger partial charge in [0.15, 0.2) is 6.19 Å². The minimum atomic E-state index is -0.132. The molecule has 1 aromatic carbocycles. The monoisotopic (exact) mass is 366 g/mol. The molecule has 1 atom stereocenters. The number of nitrogens with zero attached hydrogens (tertiary/aromatic N) is 3. The molecule has 2 aromatic rings. The number of halogens is 2. The van der Waals surface area contributed by atoms with Gasteiger partial charge in [0.2, 0.25) is 0 Å². The fourth-order valence-corrected chi connectivity index (χ4v) is 3.75. The molecule has 118 valence electrons. The van der Waals surface area contributed by atoms with E-state index < -0.39 is 0 Å². The van der Waals surface area contributed by atoms with E-state index in [9.17, 15) is 4.79 Å². The molecule has 1 saturated heterocycles. The van der Waals surface area contributed by atoms with Crippen LogP contribution in [0.5, 0.6) is 0 Å². The zero-order valence-electron chi connectivity index (χ0n) is 11.9.